The number of carbonyl (C=O) groups excluding carboxylic acids is 1. The van der Waals surface area contributed by atoms with Gasteiger partial charge in [-0.15, -0.1) is 0 Å². The zero-order chi connectivity index (χ0) is 17.6. The fourth-order valence-corrected chi connectivity index (χ4v) is 2.89. The second kappa shape index (κ2) is 8.06. The largest absolute Gasteiger partial charge is 0.327 e. The van der Waals surface area contributed by atoms with Gasteiger partial charge in [0.1, 0.15) is 0 Å². The molecule has 0 atom stereocenters. The van der Waals surface area contributed by atoms with Crippen molar-refractivity contribution in [2.75, 3.05) is 5.32 Å². The van der Waals surface area contributed by atoms with Gasteiger partial charge in [0.25, 0.3) is 0 Å². The van der Waals surface area contributed by atoms with E-state index in [1.54, 1.807) is 18.2 Å². The molecular formula is C20H16Cl2N2O. The Balaban J connectivity index is 1.83. The Bertz CT molecular complexity index is 815. The zero-order valence-corrected chi connectivity index (χ0v) is 14.8. The monoisotopic (exact) mass is 370 g/mol. The Morgan fingerprint density at radius 3 is 1.88 bits per heavy atom. The third-order valence-corrected chi connectivity index (χ3v) is 4.56. The Hall–Kier alpha value is -2.49. The number of nitrogens with one attached hydrogen (secondary N) is 2. The average Bonchev–Trinajstić information content (AvgIpc) is 2.65. The van der Waals surface area contributed by atoms with Gasteiger partial charge >= 0.3 is 6.03 Å². The van der Waals surface area contributed by atoms with E-state index >= 15 is 0 Å². The molecule has 126 valence electrons. The van der Waals surface area contributed by atoms with Crippen LogP contribution in [0.5, 0.6) is 0 Å². The molecule has 2 N–H and O–H groups in total. The molecule has 0 bridgehead atoms. The molecule has 0 spiro atoms. The molecule has 0 saturated heterocycles. The second-order valence-electron chi connectivity index (χ2n) is 5.45. The molecule has 0 saturated carbocycles. The van der Waals surface area contributed by atoms with Gasteiger partial charge in [-0.2, -0.15) is 0 Å². The van der Waals surface area contributed by atoms with Gasteiger partial charge in [0.15, 0.2) is 0 Å². The van der Waals surface area contributed by atoms with Crippen LogP contribution in [0.1, 0.15) is 17.2 Å². The summed E-state index contributed by atoms with van der Waals surface area (Å²) in [4.78, 5) is 12.5. The molecule has 5 heteroatoms. The first-order valence-electron chi connectivity index (χ1n) is 7.76. The number of hydrogen-bond acceptors (Lipinski definition) is 1. The van der Waals surface area contributed by atoms with Crippen LogP contribution >= 0.6 is 23.2 Å². The third-order valence-electron chi connectivity index (χ3n) is 3.74. The maximum Gasteiger partial charge on any atom is 0.320 e. The summed E-state index contributed by atoms with van der Waals surface area (Å²) < 4.78 is 0. The summed E-state index contributed by atoms with van der Waals surface area (Å²) in [6.07, 6.45) is 0. The van der Waals surface area contributed by atoms with E-state index < -0.39 is 0 Å². The smallest absolute Gasteiger partial charge is 0.320 e. The van der Waals surface area contributed by atoms with Crippen molar-refractivity contribution in [3.8, 4) is 0 Å². The van der Waals surface area contributed by atoms with Crippen molar-refractivity contribution in [1.29, 1.82) is 0 Å². The summed E-state index contributed by atoms with van der Waals surface area (Å²) in [5.41, 5.74) is 2.44. The minimum absolute atomic E-state index is 0.277. The highest BCUT2D eigenvalue weighted by atomic mass is 35.5. The van der Waals surface area contributed by atoms with Crippen LogP contribution in [0.4, 0.5) is 10.5 Å². The van der Waals surface area contributed by atoms with Crippen LogP contribution in [0.15, 0.2) is 78.9 Å². The average molecular weight is 371 g/mol. The molecule has 0 aliphatic carbocycles. The summed E-state index contributed by atoms with van der Waals surface area (Å²) in [7, 11) is 0. The van der Waals surface area contributed by atoms with Crippen molar-refractivity contribution < 1.29 is 4.79 Å². The minimum atomic E-state index is -0.359. The first kappa shape index (κ1) is 17.3. The van der Waals surface area contributed by atoms with Crippen molar-refractivity contribution in [2.24, 2.45) is 0 Å². The van der Waals surface area contributed by atoms with Gasteiger partial charge in [0.05, 0.1) is 21.8 Å². The van der Waals surface area contributed by atoms with Crippen LogP contribution in [0.25, 0.3) is 0 Å². The molecule has 0 aromatic heterocycles. The van der Waals surface area contributed by atoms with Crippen molar-refractivity contribution in [3.05, 3.63) is 100 Å². The molecule has 3 nitrogen and oxygen atoms in total. The number of halogens is 2. The molecule has 3 aromatic carbocycles. The molecular weight excluding hydrogens is 355 g/mol. The normalized spacial score (nSPS) is 10.5. The topological polar surface area (TPSA) is 41.1 Å². The Morgan fingerprint density at radius 1 is 0.760 bits per heavy atom. The number of hydrogen-bond donors (Lipinski definition) is 2. The van der Waals surface area contributed by atoms with E-state index in [0.717, 1.165) is 11.1 Å². The SMILES string of the molecule is O=C(Nc1cccc(Cl)c1Cl)NC(c1ccccc1)c1ccccc1. The van der Waals surface area contributed by atoms with E-state index in [-0.39, 0.29) is 12.1 Å². The lowest BCUT2D eigenvalue weighted by atomic mass is 9.99. The highest BCUT2D eigenvalue weighted by Crippen LogP contribution is 2.29. The predicted molar refractivity (Wildman–Crippen MR) is 103 cm³/mol. The van der Waals surface area contributed by atoms with Crippen LogP contribution in [0, 0.1) is 0 Å². The Morgan fingerprint density at radius 2 is 1.32 bits per heavy atom. The lowest BCUT2D eigenvalue weighted by Gasteiger charge is -2.20. The van der Waals surface area contributed by atoms with Gasteiger partial charge in [0, 0.05) is 0 Å². The van der Waals surface area contributed by atoms with Crippen molar-refractivity contribution in [2.45, 2.75) is 6.04 Å². The maximum atomic E-state index is 12.5. The van der Waals surface area contributed by atoms with Gasteiger partial charge in [-0.05, 0) is 23.3 Å². The van der Waals surface area contributed by atoms with Gasteiger partial charge in [-0.3, -0.25) is 0 Å². The molecule has 0 heterocycles. The number of carbonyl (C=O) groups is 1. The van der Waals surface area contributed by atoms with Crippen LogP contribution < -0.4 is 10.6 Å². The minimum Gasteiger partial charge on any atom is -0.327 e. The summed E-state index contributed by atoms with van der Waals surface area (Å²) in [5, 5.41) is 6.45. The van der Waals surface area contributed by atoms with Gasteiger partial charge in [-0.25, -0.2) is 4.79 Å². The molecule has 3 aromatic rings. The fraction of sp³-hybridized carbons (Fsp3) is 0.0500. The summed E-state index contributed by atoms with van der Waals surface area (Å²) in [5.74, 6) is 0. The fourth-order valence-electron chi connectivity index (χ4n) is 2.54. The summed E-state index contributed by atoms with van der Waals surface area (Å²) in [6, 6.07) is 24.0. The third kappa shape index (κ3) is 4.32. The number of benzene rings is 3. The van der Waals surface area contributed by atoms with E-state index in [2.05, 4.69) is 10.6 Å². The maximum absolute atomic E-state index is 12.5. The quantitative estimate of drug-likeness (QED) is 0.589. The van der Waals surface area contributed by atoms with Crippen LogP contribution in [-0.4, -0.2) is 6.03 Å². The van der Waals surface area contributed by atoms with Gasteiger partial charge < -0.3 is 10.6 Å². The second-order valence-corrected chi connectivity index (χ2v) is 6.24. The highest BCUT2D eigenvalue weighted by Gasteiger charge is 2.17. The molecule has 0 fully saturated rings. The number of rotatable bonds is 4. The molecule has 3 rings (SSSR count). The van der Waals surface area contributed by atoms with Gasteiger partial charge in [0.2, 0.25) is 0 Å². The van der Waals surface area contributed by atoms with Crippen molar-refractivity contribution in [3.63, 3.8) is 0 Å². The number of urea groups is 1. The molecule has 0 unspecified atom stereocenters. The van der Waals surface area contributed by atoms with Crippen LogP contribution in [0.2, 0.25) is 10.0 Å². The van der Waals surface area contributed by atoms with Crippen LogP contribution in [-0.2, 0) is 0 Å². The van der Waals surface area contributed by atoms with E-state index in [1.165, 1.54) is 0 Å². The Kier molecular flexibility index (Phi) is 5.59. The number of anilines is 1. The molecule has 25 heavy (non-hydrogen) atoms. The van der Waals surface area contributed by atoms with E-state index in [1.807, 2.05) is 60.7 Å². The molecule has 0 aliphatic rings. The van der Waals surface area contributed by atoms with Crippen molar-refractivity contribution >= 4 is 34.9 Å². The summed E-state index contributed by atoms with van der Waals surface area (Å²) in [6.45, 7) is 0. The van der Waals surface area contributed by atoms with Crippen LogP contribution in [0.3, 0.4) is 0 Å². The lowest BCUT2D eigenvalue weighted by molar-refractivity contribution is 0.250. The van der Waals surface area contributed by atoms with Crippen molar-refractivity contribution in [1.82, 2.24) is 5.32 Å². The predicted octanol–water partition coefficient (Wildman–Crippen LogP) is 5.90. The van der Waals surface area contributed by atoms with E-state index in [9.17, 15) is 4.79 Å². The molecule has 2 amide bonds. The Labute approximate surface area is 156 Å². The van der Waals surface area contributed by atoms with Gasteiger partial charge in [-0.1, -0.05) is 89.9 Å². The zero-order valence-electron chi connectivity index (χ0n) is 13.2. The standard InChI is InChI=1S/C20H16Cl2N2O/c21-16-12-7-13-17(18(16)22)23-20(25)24-19(14-8-3-1-4-9-14)15-10-5-2-6-11-15/h1-13,19H,(H2,23,24,25). The molecule has 0 radical (unpaired) electrons. The first-order chi connectivity index (χ1) is 12.1. The first-order valence-corrected chi connectivity index (χ1v) is 8.52. The lowest BCUT2D eigenvalue weighted by Crippen LogP contribution is -2.33. The van der Waals surface area contributed by atoms with E-state index in [0.29, 0.717) is 15.7 Å². The summed E-state index contributed by atoms with van der Waals surface area (Å²) >= 11 is 12.1. The number of amides is 2. The highest BCUT2D eigenvalue weighted by molar-refractivity contribution is 6.43. The van der Waals surface area contributed by atoms with E-state index in [4.69, 9.17) is 23.2 Å². The molecule has 0 aliphatic heterocycles.